The van der Waals surface area contributed by atoms with E-state index in [1.807, 2.05) is 38.1 Å². The molecule has 3 N–H and O–H groups in total. The van der Waals surface area contributed by atoms with Crippen LogP contribution < -0.4 is 20.7 Å². The zero-order chi connectivity index (χ0) is 23.8. The average Bonchev–Trinajstić information content (AvgIpc) is 2.81. The maximum Gasteiger partial charge on any atom is 0.257 e. The van der Waals surface area contributed by atoms with Crippen LogP contribution in [0.3, 0.4) is 0 Å². The summed E-state index contributed by atoms with van der Waals surface area (Å²) >= 11 is 5.28. The highest BCUT2D eigenvalue weighted by atomic mass is 32.1. The molecule has 7 heteroatoms. The number of hydrogen-bond donors (Lipinski definition) is 3. The van der Waals surface area contributed by atoms with Crippen LogP contribution in [0.1, 0.15) is 46.5 Å². The predicted molar refractivity (Wildman–Crippen MR) is 136 cm³/mol. The number of benzene rings is 3. The Morgan fingerprint density at radius 2 is 1.58 bits per heavy atom. The van der Waals surface area contributed by atoms with Gasteiger partial charge in [0.25, 0.3) is 11.8 Å². The van der Waals surface area contributed by atoms with E-state index >= 15 is 0 Å². The van der Waals surface area contributed by atoms with E-state index < -0.39 is 0 Å². The number of anilines is 2. The van der Waals surface area contributed by atoms with E-state index in [4.69, 9.17) is 17.0 Å². The molecule has 0 unspecified atom stereocenters. The van der Waals surface area contributed by atoms with Gasteiger partial charge in [0, 0.05) is 22.5 Å². The molecule has 3 aromatic carbocycles. The molecule has 0 fully saturated rings. The minimum Gasteiger partial charge on any atom is -0.491 e. The average molecular weight is 462 g/mol. The fourth-order valence-corrected chi connectivity index (χ4v) is 3.21. The number of carbonyl (C=O) groups excluding carboxylic acids is 2. The molecule has 0 radical (unpaired) electrons. The van der Waals surface area contributed by atoms with Crippen LogP contribution in [0.25, 0.3) is 0 Å². The van der Waals surface area contributed by atoms with Crippen LogP contribution in [-0.4, -0.2) is 23.0 Å². The third-order valence-corrected chi connectivity index (χ3v) is 5.23. The molecule has 0 aromatic heterocycles. The third-order valence-electron chi connectivity index (χ3n) is 5.02. The molecule has 0 aliphatic carbocycles. The quantitative estimate of drug-likeness (QED) is 0.402. The molecule has 3 aromatic rings. The first-order valence-corrected chi connectivity index (χ1v) is 11.1. The van der Waals surface area contributed by atoms with Crippen molar-refractivity contribution in [3.63, 3.8) is 0 Å². The summed E-state index contributed by atoms with van der Waals surface area (Å²) in [6.07, 6.45) is 1.02. The Morgan fingerprint density at radius 3 is 2.21 bits per heavy atom. The molecule has 2 amide bonds. The smallest absolute Gasteiger partial charge is 0.257 e. The minimum absolute atomic E-state index is 0.114. The molecule has 1 atom stereocenters. The van der Waals surface area contributed by atoms with Crippen LogP contribution in [-0.2, 0) is 0 Å². The van der Waals surface area contributed by atoms with Crippen molar-refractivity contribution in [1.82, 2.24) is 5.32 Å². The Labute approximate surface area is 199 Å². The van der Waals surface area contributed by atoms with Gasteiger partial charge >= 0.3 is 0 Å². The Hall–Kier alpha value is -3.71. The first kappa shape index (κ1) is 23.9. The van der Waals surface area contributed by atoms with Crippen LogP contribution in [0.5, 0.6) is 5.75 Å². The van der Waals surface area contributed by atoms with E-state index in [0.29, 0.717) is 22.5 Å². The van der Waals surface area contributed by atoms with Gasteiger partial charge in [-0.15, -0.1) is 0 Å². The molecule has 0 saturated carbocycles. The van der Waals surface area contributed by atoms with Gasteiger partial charge in [0.2, 0.25) is 0 Å². The second-order valence-electron chi connectivity index (χ2n) is 7.62. The lowest BCUT2D eigenvalue weighted by Gasteiger charge is -2.14. The highest BCUT2D eigenvalue weighted by Crippen LogP contribution is 2.21. The van der Waals surface area contributed by atoms with Crippen LogP contribution >= 0.6 is 12.2 Å². The fraction of sp³-hybridized carbons (Fsp3) is 0.192. The molecule has 0 aliphatic heterocycles. The van der Waals surface area contributed by atoms with Gasteiger partial charge < -0.3 is 15.4 Å². The number of hydrogen-bond acceptors (Lipinski definition) is 4. The Kier molecular flexibility index (Phi) is 8.16. The summed E-state index contributed by atoms with van der Waals surface area (Å²) in [4.78, 5) is 24.9. The molecule has 0 heterocycles. The van der Waals surface area contributed by atoms with E-state index in [9.17, 15) is 9.59 Å². The maximum atomic E-state index is 12.5. The van der Waals surface area contributed by atoms with Crippen LogP contribution in [0.15, 0.2) is 72.8 Å². The number of amides is 2. The highest BCUT2D eigenvalue weighted by molar-refractivity contribution is 7.80. The van der Waals surface area contributed by atoms with Crippen molar-refractivity contribution in [2.45, 2.75) is 33.3 Å². The van der Waals surface area contributed by atoms with Crippen molar-refractivity contribution in [2.24, 2.45) is 0 Å². The van der Waals surface area contributed by atoms with Gasteiger partial charge in [0.15, 0.2) is 5.11 Å². The molecule has 0 spiro atoms. The topological polar surface area (TPSA) is 79.5 Å². The highest BCUT2D eigenvalue weighted by Gasteiger charge is 2.11. The Bertz CT molecular complexity index is 1130. The zero-order valence-electron chi connectivity index (χ0n) is 18.8. The molecule has 0 bridgehead atoms. The van der Waals surface area contributed by atoms with Crippen molar-refractivity contribution < 1.29 is 14.3 Å². The maximum absolute atomic E-state index is 12.5. The number of thiocarbonyl (C=S) groups is 1. The Balaban J connectivity index is 1.56. The van der Waals surface area contributed by atoms with Crippen LogP contribution in [0.2, 0.25) is 0 Å². The predicted octanol–water partition coefficient (Wildman–Crippen LogP) is 5.55. The second-order valence-corrected chi connectivity index (χ2v) is 8.03. The number of nitrogens with one attached hydrogen (secondary N) is 3. The first-order chi connectivity index (χ1) is 15.9. The molecular formula is C26H27N3O3S. The molecule has 3 rings (SSSR count). The van der Waals surface area contributed by atoms with Crippen LogP contribution in [0, 0.1) is 6.92 Å². The molecule has 0 saturated heterocycles. The molecule has 33 heavy (non-hydrogen) atoms. The monoisotopic (exact) mass is 461 g/mol. The van der Waals surface area contributed by atoms with E-state index in [2.05, 4.69) is 22.9 Å². The lowest BCUT2D eigenvalue weighted by molar-refractivity contribution is 0.0976. The fourth-order valence-electron chi connectivity index (χ4n) is 3.00. The van der Waals surface area contributed by atoms with Crippen molar-refractivity contribution >= 4 is 40.5 Å². The van der Waals surface area contributed by atoms with Crippen molar-refractivity contribution in [3.8, 4) is 5.75 Å². The third kappa shape index (κ3) is 6.89. The van der Waals surface area contributed by atoms with Gasteiger partial charge in [0.05, 0.1) is 6.10 Å². The second kappa shape index (κ2) is 11.2. The standard InChI is InChI=1S/C26H27N3O3S/c1-4-18(3)32-22-13-10-20(11-14-22)25(31)29-26(33)27-21-12-15-23(17(2)16-21)28-24(30)19-8-6-5-7-9-19/h5-16,18H,4H2,1-3H3,(H,28,30)(H2,27,29,31,33)/t18-/m1/s1. The van der Waals surface area contributed by atoms with Crippen molar-refractivity contribution in [1.29, 1.82) is 0 Å². The van der Waals surface area contributed by atoms with Gasteiger partial charge in [0.1, 0.15) is 5.75 Å². The number of carbonyl (C=O) groups is 2. The molecule has 0 aliphatic rings. The summed E-state index contributed by atoms with van der Waals surface area (Å²) in [7, 11) is 0. The van der Waals surface area contributed by atoms with E-state index in [1.54, 1.807) is 48.5 Å². The van der Waals surface area contributed by atoms with E-state index in [-0.39, 0.29) is 23.0 Å². The largest absolute Gasteiger partial charge is 0.491 e. The van der Waals surface area contributed by atoms with Gasteiger partial charge in [-0.3, -0.25) is 14.9 Å². The molecule has 6 nitrogen and oxygen atoms in total. The van der Waals surface area contributed by atoms with Gasteiger partial charge in [-0.05, 0) is 92.6 Å². The number of ether oxygens (including phenoxy) is 1. The first-order valence-electron chi connectivity index (χ1n) is 10.7. The summed E-state index contributed by atoms with van der Waals surface area (Å²) < 4.78 is 5.73. The van der Waals surface area contributed by atoms with Gasteiger partial charge in [-0.2, -0.15) is 0 Å². The lowest BCUT2D eigenvalue weighted by Crippen LogP contribution is -2.34. The summed E-state index contributed by atoms with van der Waals surface area (Å²) in [6, 6.07) is 21.4. The number of rotatable bonds is 7. The van der Waals surface area contributed by atoms with E-state index in [0.717, 1.165) is 17.7 Å². The summed E-state index contributed by atoms with van der Waals surface area (Å²) in [5.74, 6) is 0.227. The summed E-state index contributed by atoms with van der Waals surface area (Å²) in [5.41, 5.74) is 3.32. The Morgan fingerprint density at radius 1 is 0.909 bits per heavy atom. The minimum atomic E-state index is -0.314. The van der Waals surface area contributed by atoms with Crippen molar-refractivity contribution in [2.75, 3.05) is 10.6 Å². The summed E-state index contributed by atoms with van der Waals surface area (Å²) in [6.45, 7) is 5.93. The lowest BCUT2D eigenvalue weighted by atomic mass is 10.1. The SMILES string of the molecule is CC[C@@H](C)Oc1ccc(C(=O)NC(=S)Nc2ccc(NC(=O)c3ccccc3)c(C)c2)cc1. The van der Waals surface area contributed by atoms with Gasteiger partial charge in [-0.25, -0.2) is 0 Å². The van der Waals surface area contributed by atoms with Crippen LogP contribution in [0.4, 0.5) is 11.4 Å². The normalized spacial score (nSPS) is 11.2. The zero-order valence-corrected chi connectivity index (χ0v) is 19.7. The molecular weight excluding hydrogens is 434 g/mol. The van der Waals surface area contributed by atoms with E-state index in [1.165, 1.54) is 0 Å². The summed E-state index contributed by atoms with van der Waals surface area (Å²) in [5, 5.41) is 8.76. The molecule has 170 valence electrons. The van der Waals surface area contributed by atoms with Crippen molar-refractivity contribution in [3.05, 3.63) is 89.5 Å². The van der Waals surface area contributed by atoms with Gasteiger partial charge in [-0.1, -0.05) is 25.1 Å². The number of aryl methyl sites for hydroxylation is 1.